The van der Waals surface area contributed by atoms with Crippen molar-refractivity contribution in [3.05, 3.63) is 102 Å². The van der Waals surface area contributed by atoms with E-state index in [1.165, 1.54) is 0 Å². The van der Waals surface area contributed by atoms with Gasteiger partial charge in [0, 0.05) is 36.5 Å². The van der Waals surface area contributed by atoms with Crippen molar-refractivity contribution in [2.45, 2.75) is 17.0 Å². The molecule has 3 aliphatic rings. The molecule has 0 spiro atoms. The molecular formula is C21H24N9O22P. The number of quaternary nitrogens is 3. The molecule has 0 saturated carbocycles. The van der Waals surface area contributed by atoms with Crippen molar-refractivity contribution < 1.29 is 108 Å². The Balaban J connectivity index is 0.000000718. The van der Waals surface area contributed by atoms with Gasteiger partial charge in [-0.05, 0) is 0 Å². The first-order valence-electron chi connectivity index (χ1n) is 12.6. The Morgan fingerprint density at radius 1 is 0.528 bits per heavy atom. The molecule has 6 unspecified atom stereocenters. The smallest absolute Gasteiger partial charge is 0.519 e. The lowest BCUT2D eigenvalue weighted by Crippen LogP contribution is -3.22. The van der Waals surface area contributed by atoms with Gasteiger partial charge in [0.2, 0.25) is 0 Å². The third kappa shape index (κ3) is 12.3. The predicted octanol–water partition coefficient (Wildman–Crippen LogP) is -8.89. The molecule has 0 fully saturated rings. The van der Waals surface area contributed by atoms with E-state index in [0.717, 1.165) is 36.5 Å². The predicted molar refractivity (Wildman–Crippen MR) is 151 cm³/mol. The van der Waals surface area contributed by atoms with E-state index in [1.54, 1.807) is 0 Å². The Kier molecular flexibility index (Phi) is 15.3. The number of carboxylic acid groups (broad SMARTS) is 6. The zero-order valence-corrected chi connectivity index (χ0v) is 26.3. The van der Waals surface area contributed by atoms with E-state index < -0.39 is 108 Å². The number of hydrogen-bond acceptors (Lipinski definition) is 19. The second-order valence-corrected chi connectivity index (χ2v) is 10.5. The van der Waals surface area contributed by atoms with Crippen LogP contribution in [0.1, 0.15) is 0 Å². The second-order valence-electron chi connectivity index (χ2n) is 9.61. The maximum Gasteiger partial charge on any atom is 0.519 e. The van der Waals surface area contributed by atoms with Gasteiger partial charge in [0.15, 0.2) is 18.6 Å². The summed E-state index contributed by atoms with van der Waals surface area (Å²) in [6.07, 6.45) is 1.96. The highest BCUT2D eigenvalue weighted by atomic mass is 31.2. The third-order valence-corrected chi connectivity index (χ3v) is 6.15. The van der Waals surface area contributed by atoms with E-state index in [-0.39, 0.29) is 0 Å². The lowest BCUT2D eigenvalue weighted by molar-refractivity contribution is -0.813. The molecule has 0 aromatic carbocycles. The molecule has 6 atom stereocenters. The highest BCUT2D eigenvalue weighted by molar-refractivity contribution is 7.40. The van der Waals surface area contributed by atoms with Crippen LogP contribution in [-0.2, 0) is 18.9 Å². The van der Waals surface area contributed by atoms with E-state index in [9.17, 15) is 59.1 Å². The fourth-order valence-electron chi connectivity index (χ4n) is 3.48. The van der Waals surface area contributed by atoms with E-state index in [0.29, 0.717) is 18.6 Å². The van der Waals surface area contributed by atoms with E-state index >= 15 is 0 Å². The van der Waals surface area contributed by atoms with E-state index in [4.69, 9.17) is 67.1 Å². The number of amides is 3. The van der Waals surface area contributed by atoms with Crippen LogP contribution in [0.4, 0.5) is 14.4 Å². The van der Waals surface area contributed by atoms with Gasteiger partial charge >= 0.3 is 53.3 Å². The molecule has 32 heteroatoms. The molecule has 290 valence electrons. The number of carbonyl (C=O) groups is 6. The Morgan fingerprint density at radius 2 is 0.698 bits per heavy atom. The normalized spacial score (nSPS) is 26.8. The van der Waals surface area contributed by atoms with Crippen molar-refractivity contribution in [2.75, 3.05) is 0 Å². The molecule has 0 radical (unpaired) electrons. The van der Waals surface area contributed by atoms with Crippen molar-refractivity contribution in [2.24, 2.45) is 17.2 Å². The van der Waals surface area contributed by atoms with Crippen molar-refractivity contribution in [1.29, 1.82) is 0 Å². The number of rotatable bonds is 6. The topological polar surface area (TPSA) is 531 Å². The number of nitrogens with zero attached hydrogens (tertiary/aromatic N) is 3. The number of nitrogens with one attached hydrogen (secondary N) is 3. The van der Waals surface area contributed by atoms with Crippen LogP contribution in [0.5, 0.6) is 0 Å². The fourth-order valence-corrected chi connectivity index (χ4v) is 3.48. The lowest BCUT2D eigenvalue weighted by Gasteiger charge is -2.36. The van der Waals surface area contributed by atoms with Crippen LogP contribution >= 0.6 is 7.82 Å². The molecule has 3 amide bonds. The number of nitrogens with two attached hydrogens (primary N) is 3. The van der Waals surface area contributed by atoms with Gasteiger partial charge in [-0.25, -0.2) is 14.4 Å². The lowest BCUT2D eigenvalue weighted by atomic mass is 10.1. The summed E-state index contributed by atoms with van der Waals surface area (Å²) in [4.78, 5) is 117. The SMILES string of the molecule is NC1(C(=O)O)C=CC([N+](=O)[O-])=C[NH+]1C(=O)O.NC1(C(=O)O)C=CC([N+](=O)[O-])=C[NH+]1C(=O)O.NC1(C(=O)O)C=CC([N+](=O)[O-])=C[NH+]1C(=O)O.O=P([O-])([O-])[O-]. The summed E-state index contributed by atoms with van der Waals surface area (Å²) < 4.78 is 8.55. The van der Waals surface area contributed by atoms with Gasteiger partial charge < -0.3 is 49.9 Å². The average molecular weight is 785 g/mol. The molecule has 0 aliphatic carbocycles. The molecule has 0 bridgehead atoms. The van der Waals surface area contributed by atoms with Crippen molar-refractivity contribution in [3.8, 4) is 0 Å². The minimum Gasteiger partial charge on any atom is -0.822 e. The summed E-state index contributed by atoms with van der Waals surface area (Å²) in [5, 5.41) is 83.8. The maximum atomic E-state index is 10.8. The molecule has 0 aromatic rings. The Morgan fingerprint density at radius 3 is 0.811 bits per heavy atom. The van der Waals surface area contributed by atoms with Gasteiger partial charge in [0.1, 0.15) is 0 Å². The first-order chi connectivity index (χ1) is 23.9. The quantitative estimate of drug-likeness (QED) is 0.0675. The van der Waals surface area contributed by atoms with Gasteiger partial charge in [0.25, 0.3) is 17.0 Å². The van der Waals surface area contributed by atoms with Gasteiger partial charge in [0.05, 0.1) is 14.8 Å². The number of nitro groups is 3. The molecule has 15 N–H and O–H groups in total. The minimum absolute atomic E-state index is 0.528. The summed E-state index contributed by atoms with van der Waals surface area (Å²) in [6.45, 7) is 0. The summed E-state index contributed by atoms with van der Waals surface area (Å²) in [5.41, 5.74) is 7.70. The molecule has 53 heavy (non-hydrogen) atoms. The number of carboxylic acids is 3. The number of allylic oxidation sites excluding steroid dienone is 3. The van der Waals surface area contributed by atoms with Crippen LogP contribution in [0.2, 0.25) is 0 Å². The number of hydrogen-bond donors (Lipinski definition) is 12. The molecule has 0 aromatic heterocycles. The Bertz CT molecular complexity index is 1630. The van der Waals surface area contributed by atoms with Crippen LogP contribution in [0.25, 0.3) is 0 Å². The summed E-state index contributed by atoms with van der Waals surface area (Å²) in [5.74, 6) is -4.79. The molecular weight excluding hydrogens is 761 g/mol. The van der Waals surface area contributed by atoms with Crippen LogP contribution in [0.15, 0.2) is 72.1 Å². The van der Waals surface area contributed by atoms with Crippen LogP contribution in [0.3, 0.4) is 0 Å². The first kappa shape index (κ1) is 46.3. The van der Waals surface area contributed by atoms with E-state index in [1.807, 2.05) is 0 Å². The minimum atomic E-state index is -5.39. The summed E-state index contributed by atoms with van der Waals surface area (Å²) in [7, 11) is -5.39. The highest BCUT2D eigenvalue weighted by Crippen LogP contribution is 2.08. The standard InChI is InChI=1S/3C7H7N3O6.H3O4P/c3*8-7(5(11)12)2-1-4(10(15)16)3-9(7)6(13)14;1-5(2,3)4/h3*1-3H,8H2,(H,11,12)(H,13,14);(H3,1,2,3,4). The maximum absolute atomic E-state index is 10.8. The van der Waals surface area contributed by atoms with E-state index in [2.05, 4.69) is 0 Å². The van der Waals surface area contributed by atoms with Crippen LogP contribution in [0, 0.1) is 30.3 Å². The average Bonchev–Trinajstić information content (AvgIpc) is 3.00. The zero-order chi connectivity index (χ0) is 42.0. The van der Waals surface area contributed by atoms with Crippen LogP contribution < -0.4 is 46.6 Å². The molecule has 3 heterocycles. The van der Waals surface area contributed by atoms with Crippen LogP contribution in [-0.4, -0.2) is 98.6 Å². The molecule has 0 saturated heterocycles. The zero-order valence-electron chi connectivity index (χ0n) is 25.4. The highest BCUT2D eigenvalue weighted by Gasteiger charge is 2.52. The van der Waals surface area contributed by atoms with Gasteiger partial charge in [-0.1, -0.05) is 0 Å². The Hall–Kier alpha value is -6.67. The number of aliphatic carboxylic acids is 3. The monoisotopic (exact) mass is 785 g/mol. The van der Waals surface area contributed by atoms with Gasteiger partial charge in [-0.15, -0.1) is 0 Å². The number of phosphoric acid groups is 1. The summed E-state index contributed by atoms with van der Waals surface area (Å²) in [6, 6.07) is 0. The third-order valence-electron chi connectivity index (χ3n) is 6.15. The van der Waals surface area contributed by atoms with Gasteiger partial charge in [-0.3, -0.25) is 47.5 Å². The molecule has 3 rings (SSSR count). The van der Waals surface area contributed by atoms with Crippen molar-refractivity contribution in [1.82, 2.24) is 0 Å². The van der Waals surface area contributed by atoms with Gasteiger partial charge in [-0.2, -0.15) is 36.9 Å². The first-order valence-corrected chi connectivity index (χ1v) is 14.1. The second kappa shape index (κ2) is 17.5. The molecule has 3 aliphatic heterocycles. The summed E-state index contributed by atoms with van der Waals surface area (Å²) >= 11 is 0. The molecule has 31 nitrogen and oxygen atoms in total. The van der Waals surface area contributed by atoms with Crippen molar-refractivity contribution >= 4 is 44.0 Å². The van der Waals surface area contributed by atoms with Crippen molar-refractivity contribution in [3.63, 3.8) is 0 Å². The largest absolute Gasteiger partial charge is 0.822 e. The fraction of sp³-hybridized carbons (Fsp3) is 0.143. The Labute approximate surface area is 289 Å².